The molecule has 0 radical (unpaired) electrons. The lowest BCUT2D eigenvalue weighted by Crippen LogP contribution is -2.42. The van der Waals surface area contributed by atoms with Crippen molar-refractivity contribution in [3.05, 3.63) is 0 Å². The fourth-order valence-electron chi connectivity index (χ4n) is 0.263. The van der Waals surface area contributed by atoms with Crippen LogP contribution in [0.25, 0.3) is 0 Å². The van der Waals surface area contributed by atoms with Crippen LogP contribution in [0, 0.1) is 0 Å². The molecule has 0 aromatic carbocycles. The fourth-order valence-corrected chi connectivity index (χ4v) is 0.263. The Bertz CT molecular complexity index is 99.1. The maximum atomic E-state index is 9.91. The van der Waals surface area contributed by atoms with Crippen molar-refractivity contribution in [1.29, 1.82) is 0 Å². The number of aliphatic hydroxyl groups is 3. The van der Waals surface area contributed by atoms with Gasteiger partial charge in [0.25, 0.3) is 0 Å². The maximum absolute atomic E-state index is 9.91. The first-order chi connectivity index (χ1) is 4.04. The number of rotatable bonds is 3. The predicted molar refractivity (Wildman–Crippen MR) is 29.8 cm³/mol. The summed E-state index contributed by atoms with van der Waals surface area (Å²) < 4.78 is 0. The molecule has 2 atom stereocenters. The topological polar surface area (TPSA) is 77.8 Å². The van der Waals surface area contributed by atoms with Crippen LogP contribution in [0.3, 0.4) is 0 Å². The number of aliphatic hydroxyl groups excluding tert-OH is 2. The average Bonchev–Trinajstić information content (AvgIpc) is 1.86. The third kappa shape index (κ3) is 2.09. The van der Waals surface area contributed by atoms with Gasteiger partial charge in [-0.05, 0) is 6.92 Å². The Balaban J connectivity index is 3.95. The molecule has 0 saturated carbocycles. The zero-order valence-corrected chi connectivity index (χ0v) is 5.11. The van der Waals surface area contributed by atoms with Gasteiger partial charge in [-0.3, -0.25) is 0 Å². The van der Waals surface area contributed by atoms with E-state index in [1.807, 2.05) is 0 Å². The molecule has 0 aliphatic heterocycles. The van der Waals surface area contributed by atoms with Crippen molar-refractivity contribution in [2.75, 3.05) is 6.61 Å². The lowest BCUT2D eigenvalue weighted by atomic mass is 10.0. The molecule has 4 nitrogen and oxygen atoms in total. The molecule has 0 bridgehead atoms. The lowest BCUT2D eigenvalue weighted by molar-refractivity contribution is -0.137. The van der Waals surface area contributed by atoms with Gasteiger partial charge in [-0.25, -0.2) is 0 Å². The summed E-state index contributed by atoms with van der Waals surface area (Å²) in [5.74, 6) is 0. The quantitative estimate of drug-likeness (QED) is 0.402. The molecule has 0 aliphatic rings. The molecule has 0 unspecified atom stereocenters. The summed E-state index contributed by atoms with van der Waals surface area (Å²) in [6, 6.07) is 0. The van der Waals surface area contributed by atoms with Crippen molar-refractivity contribution in [3.8, 4) is 0 Å². The van der Waals surface area contributed by atoms with Crippen LogP contribution in [0.2, 0.25) is 0 Å². The predicted octanol–water partition coefficient (Wildman–Crippen LogP) is -1.71. The van der Waals surface area contributed by atoms with Gasteiger partial charge in [0.15, 0.2) is 6.29 Å². The van der Waals surface area contributed by atoms with E-state index in [9.17, 15) is 4.79 Å². The minimum atomic E-state index is -1.82. The van der Waals surface area contributed by atoms with Gasteiger partial charge in [-0.15, -0.1) is 0 Å². The zero-order valence-electron chi connectivity index (χ0n) is 5.11. The van der Waals surface area contributed by atoms with Gasteiger partial charge in [0.1, 0.15) is 11.7 Å². The second kappa shape index (κ2) is 2.91. The monoisotopic (exact) mass is 134 g/mol. The summed E-state index contributed by atoms with van der Waals surface area (Å²) in [6.07, 6.45) is -1.21. The summed E-state index contributed by atoms with van der Waals surface area (Å²) in [4.78, 5) is 9.91. The van der Waals surface area contributed by atoms with Crippen molar-refractivity contribution in [3.63, 3.8) is 0 Å². The molecule has 0 aromatic heterocycles. The Morgan fingerprint density at radius 3 is 2.33 bits per heavy atom. The Labute approximate surface area is 52.7 Å². The van der Waals surface area contributed by atoms with Crippen LogP contribution < -0.4 is 0 Å². The van der Waals surface area contributed by atoms with Gasteiger partial charge >= 0.3 is 0 Å². The van der Waals surface area contributed by atoms with Gasteiger partial charge in [0.05, 0.1) is 6.61 Å². The smallest absolute Gasteiger partial charge is 0.154 e. The third-order valence-electron chi connectivity index (χ3n) is 1.09. The van der Waals surface area contributed by atoms with Crippen LogP contribution in [0.1, 0.15) is 6.92 Å². The minimum absolute atomic E-state index is 0.188. The number of hydrogen-bond donors (Lipinski definition) is 3. The molecular formula is C5H10O4. The highest BCUT2D eigenvalue weighted by Crippen LogP contribution is 2.04. The number of aldehydes is 1. The van der Waals surface area contributed by atoms with Crippen LogP contribution in [-0.2, 0) is 4.79 Å². The first-order valence-corrected chi connectivity index (χ1v) is 2.52. The number of carbonyl (C=O) groups is 1. The Morgan fingerprint density at radius 1 is 1.78 bits per heavy atom. The standard InChI is InChI=1S/C5H10O4/c1-5(9,3-7)4(8)2-6/h3-4,6,8-9H,2H2,1H3/t4-,5+/m1/s1. The van der Waals surface area contributed by atoms with Gasteiger partial charge in [0, 0.05) is 0 Å². The highest BCUT2D eigenvalue weighted by Gasteiger charge is 2.28. The molecule has 0 saturated heterocycles. The Hall–Kier alpha value is -0.450. The van der Waals surface area contributed by atoms with Crippen LogP contribution >= 0.6 is 0 Å². The minimum Gasteiger partial charge on any atom is -0.394 e. The maximum Gasteiger partial charge on any atom is 0.154 e. The zero-order chi connectivity index (χ0) is 7.49. The van der Waals surface area contributed by atoms with Crippen molar-refractivity contribution in [2.45, 2.75) is 18.6 Å². The third-order valence-corrected chi connectivity index (χ3v) is 1.09. The van der Waals surface area contributed by atoms with E-state index in [0.717, 1.165) is 6.92 Å². The molecule has 0 amide bonds. The van der Waals surface area contributed by atoms with Crippen molar-refractivity contribution in [1.82, 2.24) is 0 Å². The van der Waals surface area contributed by atoms with Crippen LogP contribution in [0.15, 0.2) is 0 Å². The van der Waals surface area contributed by atoms with Crippen molar-refractivity contribution < 1.29 is 20.1 Å². The van der Waals surface area contributed by atoms with Crippen molar-refractivity contribution >= 4 is 6.29 Å². The van der Waals surface area contributed by atoms with Gasteiger partial charge in [0.2, 0.25) is 0 Å². The molecule has 0 fully saturated rings. The second-order valence-corrected chi connectivity index (χ2v) is 2.04. The SMILES string of the molecule is C[C@](O)(C=O)[C@H](O)CO. The molecule has 54 valence electrons. The van der Waals surface area contributed by atoms with E-state index in [4.69, 9.17) is 15.3 Å². The number of hydrogen-bond acceptors (Lipinski definition) is 4. The van der Waals surface area contributed by atoms with E-state index < -0.39 is 18.3 Å². The van der Waals surface area contributed by atoms with E-state index in [1.165, 1.54) is 0 Å². The molecule has 0 aliphatic carbocycles. The highest BCUT2D eigenvalue weighted by atomic mass is 16.4. The molecule has 0 heterocycles. The van der Waals surface area contributed by atoms with E-state index in [0.29, 0.717) is 0 Å². The molecule has 0 rings (SSSR count). The van der Waals surface area contributed by atoms with E-state index in [2.05, 4.69) is 0 Å². The normalized spacial score (nSPS) is 20.4. The van der Waals surface area contributed by atoms with Gasteiger partial charge < -0.3 is 20.1 Å². The molecule has 3 N–H and O–H groups in total. The summed E-state index contributed by atoms with van der Waals surface area (Å²) in [7, 11) is 0. The Kier molecular flexibility index (Phi) is 2.76. The molecule has 9 heavy (non-hydrogen) atoms. The van der Waals surface area contributed by atoms with Crippen molar-refractivity contribution in [2.24, 2.45) is 0 Å². The highest BCUT2D eigenvalue weighted by molar-refractivity contribution is 5.62. The van der Waals surface area contributed by atoms with E-state index in [-0.39, 0.29) is 6.29 Å². The number of carbonyl (C=O) groups excluding carboxylic acids is 1. The van der Waals surface area contributed by atoms with E-state index >= 15 is 0 Å². The lowest BCUT2D eigenvalue weighted by Gasteiger charge is -2.20. The van der Waals surface area contributed by atoms with Crippen LogP contribution in [0.5, 0.6) is 0 Å². The second-order valence-electron chi connectivity index (χ2n) is 2.04. The summed E-state index contributed by atoms with van der Waals surface area (Å²) in [6.45, 7) is 0.507. The van der Waals surface area contributed by atoms with Crippen LogP contribution in [-0.4, -0.2) is 39.9 Å². The van der Waals surface area contributed by atoms with Gasteiger partial charge in [-0.1, -0.05) is 0 Å². The summed E-state index contributed by atoms with van der Waals surface area (Å²) in [5, 5.41) is 25.7. The molecular weight excluding hydrogens is 124 g/mol. The molecule has 4 heteroatoms. The average molecular weight is 134 g/mol. The fraction of sp³-hybridized carbons (Fsp3) is 0.800. The first-order valence-electron chi connectivity index (χ1n) is 2.52. The largest absolute Gasteiger partial charge is 0.394 e. The van der Waals surface area contributed by atoms with Crippen LogP contribution in [0.4, 0.5) is 0 Å². The Morgan fingerprint density at radius 2 is 2.22 bits per heavy atom. The first kappa shape index (κ1) is 8.55. The summed E-state index contributed by atoms with van der Waals surface area (Å²) in [5.41, 5.74) is -1.82. The molecule has 0 spiro atoms. The van der Waals surface area contributed by atoms with Gasteiger partial charge in [-0.2, -0.15) is 0 Å². The molecule has 0 aromatic rings. The van der Waals surface area contributed by atoms with E-state index in [1.54, 1.807) is 0 Å². The summed E-state index contributed by atoms with van der Waals surface area (Å²) >= 11 is 0.